The summed E-state index contributed by atoms with van der Waals surface area (Å²) < 4.78 is 29.9. The van der Waals surface area contributed by atoms with Crippen molar-refractivity contribution >= 4 is 17.7 Å². The highest BCUT2D eigenvalue weighted by Gasteiger charge is 2.41. The molecule has 47 heavy (non-hydrogen) atoms. The minimum atomic E-state index is -0.856. The first-order valence-corrected chi connectivity index (χ1v) is 16.2. The van der Waals surface area contributed by atoms with Gasteiger partial charge in [0.25, 0.3) is 0 Å². The minimum Gasteiger partial charge on any atom is -0.467 e. The number of esters is 1. The van der Waals surface area contributed by atoms with Crippen molar-refractivity contribution in [2.24, 2.45) is 0 Å². The van der Waals surface area contributed by atoms with Crippen LogP contribution < -0.4 is 10.6 Å². The second kappa shape index (κ2) is 15.4. The van der Waals surface area contributed by atoms with Gasteiger partial charge in [-0.1, -0.05) is 66.7 Å². The number of nitrogens with one attached hydrogen (secondary N) is 2. The SMILES string of the molecule is COC(=O)[C@H](Cc1ccccc1)NC(=O)Nc1cccc([C@H]2O[C@@H](CN3CCC4(CC3)OCCO4)C[C@@H](c3ccc(CO)cc3)O2)c1. The van der Waals surface area contributed by atoms with Crippen molar-refractivity contribution in [2.75, 3.05) is 45.3 Å². The lowest BCUT2D eigenvalue weighted by atomic mass is 9.98. The van der Waals surface area contributed by atoms with E-state index in [4.69, 9.17) is 23.7 Å². The molecule has 2 amide bonds. The zero-order valence-corrected chi connectivity index (χ0v) is 26.6. The van der Waals surface area contributed by atoms with Crippen LogP contribution in [-0.2, 0) is 41.5 Å². The number of benzene rings is 3. The molecule has 11 heteroatoms. The normalized spacial score (nSPS) is 23.2. The Kier molecular flexibility index (Phi) is 10.8. The fourth-order valence-electron chi connectivity index (χ4n) is 6.46. The number of likely N-dealkylation sites (tertiary alicyclic amines) is 1. The van der Waals surface area contributed by atoms with E-state index in [0.29, 0.717) is 31.7 Å². The largest absolute Gasteiger partial charge is 0.467 e. The summed E-state index contributed by atoms with van der Waals surface area (Å²) in [7, 11) is 1.30. The molecule has 6 rings (SSSR count). The van der Waals surface area contributed by atoms with Crippen LogP contribution in [0.25, 0.3) is 0 Å². The zero-order chi connectivity index (χ0) is 32.6. The molecule has 3 aromatic carbocycles. The Morgan fingerprint density at radius 1 is 0.936 bits per heavy atom. The van der Waals surface area contributed by atoms with Gasteiger partial charge in [0.1, 0.15) is 6.04 Å². The molecule has 3 fully saturated rings. The standard InChI is InChI=1S/C36H43N3O8/c1-43-33(41)31(20-25-6-3-2-4-7-25)38-35(42)37-29-9-5-8-28(21-29)34-46-30(22-32(47-34)27-12-10-26(24-40)11-13-27)23-39-16-14-36(15-17-39)44-18-19-45-36/h2-13,21,30-32,34,40H,14-20,22-24H2,1H3,(H2,37,38,42)/t30-,31+,32+,34+/m1/s1. The molecule has 0 unspecified atom stereocenters. The predicted molar refractivity (Wildman–Crippen MR) is 173 cm³/mol. The first kappa shape index (κ1) is 33.1. The fourth-order valence-corrected chi connectivity index (χ4v) is 6.46. The maximum Gasteiger partial charge on any atom is 0.328 e. The van der Waals surface area contributed by atoms with Crippen LogP contribution in [0.4, 0.5) is 10.5 Å². The third-order valence-corrected chi connectivity index (χ3v) is 9.00. The number of aliphatic hydroxyl groups is 1. The Balaban J connectivity index is 1.14. The van der Waals surface area contributed by atoms with E-state index in [9.17, 15) is 14.7 Å². The van der Waals surface area contributed by atoms with Gasteiger partial charge in [-0.15, -0.1) is 0 Å². The molecule has 0 aromatic heterocycles. The van der Waals surface area contributed by atoms with E-state index in [2.05, 4.69) is 15.5 Å². The van der Waals surface area contributed by atoms with Gasteiger partial charge < -0.3 is 44.3 Å². The van der Waals surface area contributed by atoms with E-state index in [-0.39, 0.29) is 18.8 Å². The molecule has 3 aromatic rings. The molecule has 3 aliphatic rings. The summed E-state index contributed by atoms with van der Waals surface area (Å²) in [5.74, 6) is -0.969. The number of urea groups is 1. The lowest BCUT2D eigenvalue weighted by Crippen LogP contribution is -2.48. The number of ether oxygens (including phenoxy) is 5. The summed E-state index contributed by atoms with van der Waals surface area (Å²) in [4.78, 5) is 27.9. The molecule has 250 valence electrons. The molecule has 3 N–H and O–H groups in total. The van der Waals surface area contributed by atoms with Crippen LogP contribution in [0.1, 0.15) is 53.9 Å². The summed E-state index contributed by atoms with van der Waals surface area (Å²) in [6, 6.07) is 23.2. The van der Waals surface area contributed by atoms with Gasteiger partial charge in [-0.25, -0.2) is 9.59 Å². The highest BCUT2D eigenvalue weighted by Crippen LogP contribution is 2.39. The summed E-state index contributed by atoms with van der Waals surface area (Å²) >= 11 is 0. The average Bonchev–Trinajstić information content (AvgIpc) is 3.57. The zero-order valence-electron chi connectivity index (χ0n) is 26.6. The molecule has 3 aliphatic heterocycles. The second-order valence-corrected chi connectivity index (χ2v) is 12.2. The number of piperidine rings is 1. The van der Waals surface area contributed by atoms with Crippen molar-refractivity contribution < 1.29 is 38.4 Å². The van der Waals surface area contributed by atoms with Crippen LogP contribution in [0.2, 0.25) is 0 Å². The Labute approximate surface area is 275 Å². The lowest BCUT2D eigenvalue weighted by molar-refractivity contribution is -0.255. The van der Waals surface area contributed by atoms with Crippen LogP contribution in [-0.4, -0.2) is 79.9 Å². The van der Waals surface area contributed by atoms with Crippen LogP contribution >= 0.6 is 0 Å². The van der Waals surface area contributed by atoms with Crippen molar-refractivity contribution in [3.8, 4) is 0 Å². The number of rotatable bonds is 10. The molecule has 11 nitrogen and oxygen atoms in total. The summed E-state index contributed by atoms with van der Waals surface area (Å²) in [6.07, 6.45) is 1.58. The molecular weight excluding hydrogens is 602 g/mol. The summed E-state index contributed by atoms with van der Waals surface area (Å²) in [5, 5.41) is 15.1. The van der Waals surface area contributed by atoms with Gasteiger partial charge in [0.15, 0.2) is 12.1 Å². The van der Waals surface area contributed by atoms with Gasteiger partial charge in [-0.3, -0.25) is 0 Å². The molecule has 0 bridgehead atoms. The first-order chi connectivity index (χ1) is 22.9. The van der Waals surface area contributed by atoms with Gasteiger partial charge in [0.2, 0.25) is 0 Å². The summed E-state index contributed by atoms with van der Waals surface area (Å²) in [5.41, 5.74) is 4.02. The van der Waals surface area contributed by atoms with E-state index in [1.165, 1.54) is 7.11 Å². The quantitative estimate of drug-likeness (QED) is 0.274. The van der Waals surface area contributed by atoms with Gasteiger partial charge in [-0.05, 0) is 28.8 Å². The first-order valence-electron chi connectivity index (χ1n) is 16.2. The number of carbonyl (C=O) groups is 2. The maximum atomic E-state index is 13.0. The highest BCUT2D eigenvalue weighted by molar-refractivity contribution is 5.92. The molecule has 3 saturated heterocycles. The van der Waals surface area contributed by atoms with E-state index in [0.717, 1.165) is 54.7 Å². The Hall–Kier alpha value is -3.84. The van der Waals surface area contributed by atoms with Crippen LogP contribution in [0.3, 0.4) is 0 Å². The van der Waals surface area contributed by atoms with Crippen molar-refractivity contribution in [2.45, 2.75) is 62.6 Å². The van der Waals surface area contributed by atoms with Crippen molar-refractivity contribution in [3.05, 3.63) is 101 Å². The van der Waals surface area contributed by atoms with E-state index >= 15 is 0 Å². The van der Waals surface area contributed by atoms with Crippen LogP contribution in [0.5, 0.6) is 0 Å². The molecular formula is C36H43N3O8. The van der Waals surface area contributed by atoms with E-state index in [1.54, 1.807) is 6.07 Å². The fraction of sp³-hybridized carbons (Fsp3) is 0.444. The molecule has 0 radical (unpaired) electrons. The number of hydrogen-bond acceptors (Lipinski definition) is 9. The Morgan fingerprint density at radius 3 is 2.38 bits per heavy atom. The number of aliphatic hydroxyl groups excluding tert-OH is 1. The van der Waals surface area contributed by atoms with E-state index in [1.807, 2.05) is 72.8 Å². The van der Waals surface area contributed by atoms with Crippen LogP contribution in [0, 0.1) is 0 Å². The number of hydrogen-bond donors (Lipinski definition) is 3. The second-order valence-electron chi connectivity index (χ2n) is 12.2. The lowest BCUT2D eigenvalue weighted by Gasteiger charge is -2.41. The molecule has 0 saturated carbocycles. The molecule has 1 spiro atoms. The molecule has 4 atom stereocenters. The Bertz CT molecular complexity index is 1470. The predicted octanol–water partition coefficient (Wildman–Crippen LogP) is 4.47. The summed E-state index contributed by atoms with van der Waals surface area (Å²) in [6.45, 7) is 3.72. The van der Waals surface area contributed by atoms with Gasteiger partial charge in [0, 0.05) is 56.6 Å². The number of carbonyl (C=O) groups excluding carboxylic acids is 2. The average molecular weight is 646 g/mol. The minimum absolute atomic E-state index is 0.0238. The third kappa shape index (κ3) is 8.55. The number of anilines is 1. The maximum absolute atomic E-state index is 13.0. The topological polar surface area (TPSA) is 128 Å². The van der Waals surface area contributed by atoms with Gasteiger partial charge >= 0.3 is 12.0 Å². The van der Waals surface area contributed by atoms with Crippen LogP contribution in [0.15, 0.2) is 78.9 Å². The monoisotopic (exact) mass is 645 g/mol. The Morgan fingerprint density at radius 2 is 1.68 bits per heavy atom. The smallest absolute Gasteiger partial charge is 0.328 e. The highest BCUT2D eigenvalue weighted by atomic mass is 16.7. The van der Waals surface area contributed by atoms with Crippen molar-refractivity contribution in [1.82, 2.24) is 10.2 Å². The molecule has 0 aliphatic carbocycles. The number of amides is 2. The van der Waals surface area contributed by atoms with E-state index < -0.39 is 30.1 Å². The number of methoxy groups -OCH3 is 1. The van der Waals surface area contributed by atoms with Gasteiger partial charge in [0.05, 0.1) is 39.1 Å². The third-order valence-electron chi connectivity index (χ3n) is 9.00. The van der Waals surface area contributed by atoms with Crippen molar-refractivity contribution in [3.63, 3.8) is 0 Å². The molecule has 3 heterocycles. The van der Waals surface area contributed by atoms with Crippen molar-refractivity contribution in [1.29, 1.82) is 0 Å². The number of nitrogens with zero attached hydrogens (tertiary/aromatic N) is 1. The van der Waals surface area contributed by atoms with Gasteiger partial charge in [-0.2, -0.15) is 0 Å².